The van der Waals surface area contributed by atoms with Gasteiger partial charge in [-0.2, -0.15) is 0 Å². The minimum Gasteiger partial charge on any atom is -0.463 e. The molecule has 1 fully saturated rings. The third kappa shape index (κ3) is 4.40. The summed E-state index contributed by atoms with van der Waals surface area (Å²) < 4.78 is 19.2. The topological polar surface area (TPSA) is 90.7 Å². The van der Waals surface area contributed by atoms with Crippen molar-refractivity contribution in [3.8, 4) is 0 Å². The summed E-state index contributed by atoms with van der Waals surface area (Å²) in [6, 6.07) is 16.7. The standard InChI is InChI=1S/C25H22FN5O3/c26-20-6-2-3-7-21(20)29-25(33)31-13-11-30(12-14-31)23-10-9-17(15-27-23)28-24(32)19-16-34-22-8-4-1-5-18(19)22/h1-10,15-16H,11-14H2,(H,28,32)(H,29,33). The van der Waals surface area contributed by atoms with Gasteiger partial charge in [-0.15, -0.1) is 0 Å². The first-order chi connectivity index (χ1) is 16.6. The Hall–Kier alpha value is -4.40. The third-order valence-electron chi connectivity index (χ3n) is 5.74. The van der Waals surface area contributed by atoms with Gasteiger partial charge in [0.05, 0.1) is 23.1 Å². The van der Waals surface area contributed by atoms with Gasteiger partial charge in [0.2, 0.25) is 0 Å². The Morgan fingerprint density at radius 1 is 0.912 bits per heavy atom. The van der Waals surface area contributed by atoms with Crippen LogP contribution in [0, 0.1) is 5.82 Å². The van der Waals surface area contributed by atoms with E-state index >= 15 is 0 Å². The van der Waals surface area contributed by atoms with Crippen LogP contribution in [0.25, 0.3) is 11.0 Å². The van der Waals surface area contributed by atoms with Gasteiger partial charge < -0.3 is 24.9 Å². The largest absolute Gasteiger partial charge is 0.463 e. The monoisotopic (exact) mass is 459 g/mol. The highest BCUT2D eigenvalue weighted by atomic mass is 19.1. The van der Waals surface area contributed by atoms with Gasteiger partial charge in [0.1, 0.15) is 23.5 Å². The molecule has 0 spiro atoms. The maximum atomic E-state index is 13.8. The van der Waals surface area contributed by atoms with Gasteiger partial charge in [0, 0.05) is 31.6 Å². The predicted molar refractivity (Wildman–Crippen MR) is 128 cm³/mol. The number of halogens is 1. The molecule has 2 aromatic heterocycles. The zero-order chi connectivity index (χ0) is 23.5. The Morgan fingerprint density at radius 2 is 1.68 bits per heavy atom. The first-order valence-electron chi connectivity index (χ1n) is 10.9. The van der Waals surface area contributed by atoms with Crippen molar-refractivity contribution in [1.82, 2.24) is 9.88 Å². The lowest BCUT2D eigenvalue weighted by atomic mass is 10.1. The van der Waals surface area contributed by atoms with Crippen molar-refractivity contribution >= 4 is 40.1 Å². The van der Waals surface area contributed by atoms with Crippen molar-refractivity contribution in [2.45, 2.75) is 0 Å². The maximum absolute atomic E-state index is 13.8. The Bertz CT molecular complexity index is 1330. The number of amides is 3. The Morgan fingerprint density at radius 3 is 2.44 bits per heavy atom. The van der Waals surface area contributed by atoms with Crippen LogP contribution in [0.15, 0.2) is 77.5 Å². The number of anilines is 3. The number of urea groups is 1. The van der Waals surface area contributed by atoms with Crippen LogP contribution < -0.4 is 15.5 Å². The quantitative estimate of drug-likeness (QED) is 0.467. The molecule has 3 heterocycles. The van der Waals surface area contributed by atoms with Gasteiger partial charge in [-0.05, 0) is 30.3 Å². The molecule has 3 amide bonds. The Kier molecular flexibility index (Phi) is 5.82. The van der Waals surface area contributed by atoms with Crippen LogP contribution in [0.4, 0.5) is 26.4 Å². The van der Waals surface area contributed by atoms with E-state index in [0.717, 1.165) is 11.2 Å². The lowest BCUT2D eigenvalue weighted by molar-refractivity contribution is 0.102. The summed E-state index contributed by atoms with van der Waals surface area (Å²) in [5.74, 6) is 0.0155. The number of carbonyl (C=O) groups excluding carboxylic acids is 2. The fourth-order valence-electron chi connectivity index (χ4n) is 3.89. The molecule has 0 radical (unpaired) electrons. The van der Waals surface area contributed by atoms with Crippen LogP contribution in [0.2, 0.25) is 0 Å². The van der Waals surface area contributed by atoms with Crippen LogP contribution in [0.3, 0.4) is 0 Å². The smallest absolute Gasteiger partial charge is 0.322 e. The zero-order valence-electron chi connectivity index (χ0n) is 18.2. The first-order valence-corrected chi connectivity index (χ1v) is 10.9. The van der Waals surface area contributed by atoms with Crippen molar-refractivity contribution < 1.29 is 18.4 Å². The third-order valence-corrected chi connectivity index (χ3v) is 5.74. The predicted octanol–water partition coefficient (Wildman–Crippen LogP) is 4.57. The number of aromatic nitrogens is 1. The molecular formula is C25H22FN5O3. The fraction of sp³-hybridized carbons (Fsp3) is 0.160. The molecule has 2 N–H and O–H groups in total. The van der Waals surface area contributed by atoms with Gasteiger partial charge in [-0.25, -0.2) is 14.2 Å². The number of carbonyl (C=O) groups is 2. The second kappa shape index (κ2) is 9.22. The van der Waals surface area contributed by atoms with E-state index in [-0.39, 0.29) is 17.6 Å². The van der Waals surface area contributed by atoms with E-state index in [9.17, 15) is 14.0 Å². The van der Waals surface area contributed by atoms with E-state index in [1.165, 1.54) is 18.4 Å². The molecule has 5 rings (SSSR count). The van der Waals surface area contributed by atoms with Crippen LogP contribution in [-0.4, -0.2) is 48.0 Å². The van der Waals surface area contributed by atoms with Crippen molar-refractivity contribution in [1.29, 1.82) is 0 Å². The number of para-hydroxylation sites is 2. The maximum Gasteiger partial charge on any atom is 0.322 e. The lowest BCUT2D eigenvalue weighted by Crippen LogP contribution is -2.50. The summed E-state index contributed by atoms with van der Waals surface area (Å²) in [6.07, 6.45) is 3.05. The zero-order valence-corrected chi connectivity index (χ0v) is 18.2. The average molecular weight is 459 g/mol. The molecule has 0 unspecified atom stereocenters. The first kappa shape index (κ1) is 21.4. The number of piperazine rings is 1. The average Bonchev–Trinajstić information content (AvgIpc) is 3.30. The Balaban J connectivity index is 1.17. The number of hydrogen-bond acceptors (Lipinski definition) is 5. The van der Waals surface area contributed by atoms with E-state index in [1.54, 1.807) is 29.3 Å². The molecule has 172 valence electrons. The van der Waals surface area contributed by atoms with E-state index in [1.807, 2.05) is 30.3 Å². The SMILES string of the molecule is O=C(Nc1ccc(N2CCN(C(=O)Nc3ccccc3F)CC2)nc1)c1coc2ccccc12. The number of fused-ring (bicyclic) bond motifs is 1. The highest BCUT2D eigenvalue weighted by Crippen LogP contribution is 2.23. The van der Waals surface area contributed by atoms with Crippen molar-refractivity contribution in [2.75, 3.05) is 41.7 Å². The molecular weight excluding hydrogens is 437 g/mol. The van der Waals surface area contributed by atoms with E-state index in [2.05, 4.69) is 20.5 Å². The number of rotatable bonds is 4. The van der Waals surface area contributed by atoms with Crippen molar-refractivity contribution in [3.63, 3.8) is 0 Å². The van der Waals surface area contributed by atoms with E-state index < -0.39 is 5.82 Å². The summed E-state index contributed by atoms with van der Waals surface area (Å²) in [7, 11) is 0. The highest BCUT2D eigenvalue weighted by Gasteiger charge is 2.22. The normalized spacial score (nSPS) is 13.7. The molecule has 0 atom stereocenters. The second-order valence-electron chi connectivity index (χ2n) is 7.89. The number of nitrogens with one attached hydrogen (secondary N) is 2. The van der Waals surface area contributed by atoms with Crippen molar-refractivity contribution in [3.05, 3.63) is 84.5 Å². The summed E-state index contributed by atoms with van der Waals surface area (Å²) in [6.45, 7) is 2.14. The number of benzene rings is 2. The van der Waals surface area contributed by atoms with Gasteiger partial charge in [-0.1, -0.05) is 30.3 Å². The molecule has 8 nitrogen and oxygen atoms in total. The summed E-state index contributed by atoms with van der Waals surface area (Å²) in [4.78, 5) is 33.3. The van der Waals surface area contributed by atoms with Gasteiger partial charge in [0.25, 0.3) is 5.91 Å². The van der Waals surface area contributed by atoms with Gasteiger partial charge >= 0.3 is 6.03 Å². The van der Waals surface area contributed by atoms with Gasteiger partial charge in [0.15, 0.2) is 0 Å². The van der Waals surface area contributed by atoms with Crippen LogP contribution in [0.1, 0.15) is 10.4 Å². The minimum atomic E-state index is -0.466. The molecule has 0 saturated carbocycles. The molecule has 0 bridgehead atoms. The molecule has 1 aliphatic heterocycles. The minimum absolute atomic E-state index is 0.164. The van der Waals surface area contributed by atoms with Crippen LogP contribution in [0.5, 0.6) is 0 Å². The molecule has 1 aliphatic rings. The summed E-state index contributed by atoms with van der Waals surface area (Å²) in [5.41, 5.74) is 1.85. The van der Waals surface area contributed by atoms with Crippen LogP contribution >= 0.6 is 0 Å². The number of pyridine rings is 1. The molecule has 0 aliphatic carbocycles. The molecule has 9 heteroatoms. The number of hydrogen-bond donors (Lipinski definition) is 2. The number of furan rings is 1. The molecule has 4 aromatic rings. The summed E-state index contributed by atoms with van der Waals surface area (Å²) >= 11 is 0. The Labute approximate surface area is 195 Å². The van der Waals surface area contributed by atoms with Gasteiger partial charge in [-0.3, -0.25) is 4.79 Å². The highest BCUT2D eigenvalue weighted by molar-refractivity contribution is 6.12. The molecule has 1 saturated heterocycles. The second-order valence-corrected chi connectivity index (χ2v) is 7.89. The molecule has 34 heavy (non-hydrogen) atoms. The molecule has 2 aromatic carbocycles. The lowest BCUT2D eigenvalue weighted by Gasteiger charge is -2.35. The fourth-order valence-corrected chi connectivity index (χ4v) is 3.89. The van der Waals surface area contributed by atoms with Crippen molar-refractivity contribution in [2.24, 2.45) is 0 Å². The van der Waals surface area contributed by atoms with E-state index in [0.29, 0.717) is 43.0 Å². The van der Waals surface area contributed by atoms with Crippen LogP contribution in [-0.2, 0) is 0 Å². The summed E-state index contributed by atoms with van der Waals surface area (Å²) in [5, 5.41) is 6.21. The van der Waals surface area contributed by atoms with E-state index in [4.69, 9.17) is 4.42 Å². The number of nitrogens with zero attached hydrogens (tertiary/aromatic N) is 3.